The van der Waals surface area contributed by atoms with Crippen LogP contribution in [0.3, 0.4) is 0 Å². The maximum atomic E-state index is 12.1. The number of benzene rings is 1. The first kappa shape index (κ1) is 11.9. The van der Waals surface area contributed by atoms with Gasteiger partial charge in [0, 0.05) is 24.9 Å². The molecule has 2 unspecified atom stereocenters. The van der Waals surface area contributed by atoms with E-state index in [1.807, 2.05) is 23.1 Å². The molecule has 2 heterocycles. The average Bonchev–Trinajstić information content (AvgIpc) is 2.79. The van der Waals surface area contributed by atoms with Crippen molar-refractivity contribution < 1.29 is 9.53 Å². The number of hydrogen-bond donors (Lipinski definition) is 1. The lowest BCUT2D eigenvalue weighted by molar-refractivity contribution is -0.130. The number of fused-ring (bicyclic) bond motifs is 1. The molecule has 2 aliphatic rings. The van der Waals surface area contributed by atoms with E-state index in [1.165, 1.54) is 0 Å². The predicted octanol–water partition coefficient (Wildman–Crippen LogP) is 2.29. The molecule has 0 spiro atoms. The van der Waals surface area contributed by atoms with E-state index in [2.05, 4.69) is 18.7 Å². The molecule has 2 atom stereocenters. The molecule has 0 bridgehead atoms. The monoisotopic (exact) mass is 263 g/mol. The molecule has 1 fully saturated rings. The van der Waals surface area contributed by atoms with Crippen LogP contribution < -0.4 is 4.74 Å². The van der Waals surface area contributed by atoms with Crippen LogP contribution in [-0.4, -0.2) is 29.7 Å². The van der Waals surface area contributed by atoms with Crippen LogP contribution in [0.2, 0.25) is 0 Å². The summed E-state index contributed by atoms with van der Waals surface area (Å²) < 4.78 is 5.65. The Bertz CT molecular complexity index is 463. The summed E-state index contributed by atoms with van der Waals surface area (Å²) in [5, 5.41) is 0. The third-order valence-electron chi connectivity index (χ3n) is 3.80. The van der Waals surface area contributed by atoms with Gasteiger partial charge < -0.3 is 9.64 Å². The molecule has 96 valence electrons. The summed E-state index contributed by atoms with van der Waals surface area (Å²) >= 11 is 4.31. The van der Waals surface area contributed by atoms with Gasteiger partial charge in [-0.2, -0.15) is 12.6 Å². The van der Waals surface area contributed by atoms with Crippen LogP contribution in [0.25, 0.3) is 0 Å². The van der Waals surface area contributed by atoms with Crippen molar-refractivity contribution >= 4 is 18.5 Å². The number of para-hydroxylation sites is 1. The highest BCUT2D eigenvalue weighted by molar-refractivity contribution is 7.80. The van der Waals surface area contributed by atoms with Gasteiger partial charge in [-0.25, -0.2) is 0 Å². The van der Waals surface area contributed by atoms with Crippen LogP contribution >= 0.6 is 12.6 Å². The smallest absolute Gasteiger partial charge is 0.223 e. The van der Waals surface area contributed by atoms with Crippen LogP contribution in [0, 0.1) is 5.92 Å². The first-order valence-electron chi connectivity index (χ1n) is 6.41. The number of thiol groups is 1. The van der Waals surface area contributed by atoms with E-state index in [0.29, 0.717) is 18.9 Å². The van der Waals surface area contributed by atoms with Crippen molar-refractivity contribution in [1.29, 1.82) is 0 Å². The zero-order valence-corrected chi connectivity index (χ0v) is 11.1. The van der Waals surface area contributed by atoms with E-state index in [1.54, 1.807) is 0 Å². The third-order valence-corrected chi connectivity index (χ3v) is 4.32. The highest BCUT2D eigenvalue weighted by Gasteiger charge is 2.36. The van der Waals surface area contributed by atoms with Gasteiger partial charge in [-0.3, -0.25) is 4.79 Å². The minimum absolute atomic E-state index is 0.187. The van der Waals surface area contributed by atoms with E-state index in [9.17, 15) is 4.79 Å². The minimum Gasteiger partial charge on any atom is -0.493 e. The van der Waals surface area contributed by atoms with E-state index >= 15 is 0 Å². The van der Waals surface area contributed by atoms with E-state index in [-0.39, 0.29) is 11.9 Å². The van der Waals surface area contributed by atoms with Gasteiger partial charge >= 0.3 is 0 Å². The van der Waals surface area contributed by atoms with Gasteiger partial charge in [-0.05, 0) is 17.7 Å². The summed E-state index contributed by atoms with van der Waals surface area (Å²) in [7, 11) is 0. The van der Waals surface area contributed by atoms with Gasteiger partial charge in [-0.1, -0.05) is 18.2 Å². The lowest BCUT2D eigenvalue weighted by atomic mass is 9.99. The second kappa shape index (κ2) is 4.84. The quantitative estimate of drug-likeness (QED) is 0.830. The molecule has 0 aliphatic carbocycles. The SMILES string of the molecule is O=C1CC(CS)CN1C1CCOc2ccccc21. The fraction of sp³-hybridized carbons (Fsp3) is 0.500. The lowest BCUT2D eigenvalue weighted by Gasteiger charge is -2.33. The van der Waals surface area contributed by atoms with Crippen molar-refractivity contribution in [3.8, 4) is 5.75 Å². The summed E-state index contributed by atoms with van der Waals surface area (Å²) in [4.78, 5) is 14.1. The topological polar surface area (TPSA) is 29.5 Å². The molecule has 2 aliphatic heterocycles. The standard InChI is InChI=1S/C14H17NO2S/c16-14-7-10(9-18)8-15(14)12-5-6-17-13-4-2-1-3-11(12)13/h1-4,10,12,18H,5-9H2. The maximum Gasteiger partial charge on any atom is 0.223 e. The molecule has 0 radical (unpaired) electrons. The van der Waals surface area contributed by atoms with Crippen molar-refractivity contribution in [2.24, 2.45) is 5.92 Å². The van der Waals surface area contributed by atoms with E-state index < -0.39 is 0 Å². The molecule has 1 saturated heterocycles. The summed E-state index contributed by atoms with van der Waals surface area (Å²) in [6.45, 7) is 1.53. The van der Waals surface area contributed by atoms with Gasteiger partial charge in [0.1, 0.15) is 5.75 Å². The Morgan fingerprint density at radius 1 is 1.39 bits per heavy atom. The largest absolute Gasteiger partial charge is 0.493 e. The second-order valence-electron chi connectivity index (χ2n) is 4.99. The first-order valence-corrected chi connectivity index (χ1v) is 7.05. The highest BCUT2D eigenvalue weighted by atomic mass is 32.1. The normalized spacial score (nSPS) is 26.9. The number of carbonyl (C=O) groups excluding carboxylic acids is 1. The summed E-state index contributed by atoms with van der Waals surface area (Å²) in [6, 6.07) is 8.23. The Morgan fingerprint density at radius 2 is 2.22 bits per heavy atom. The van der Waals surface area contributed by atoms with Crippen molar-refractivity contribution in [2.45, 2.75) is 18.9 Å². The Hall–Kier alpha value is -1.16. The molecule has 18 heavy (non-hydrogen) atoms. The van der Waals surface area contributed by atoms with Gasteiger partial charge in [0.25, 0.3) is 0 Å². The first-order chi connectivity index (χ1) is 8.79. The molecule has 0 saturated carbocycles. The van der Waals surface area contributed by atoms with Crippen LogP contribution in [0.4, 0.5) is 0 Å². The Labute approximate surface area is 113 Å². The Kier molecular flexibility index (Phi) is 3.20. The molecular weight excluding hydrogens is 246 g/mol. The fourth-order valence-corrected chi connectivity index (χ4v) is 3.12. The Balaban J connectivity index is 1.88. The fourth-order valence-electron chi connectivity index (χ4n) is 2.88. The molecule has 1 aromatic carbocycles. The Morgan fingerprint density at radius 3 is 3.00 bits per heavy atom. The average molecular weight is 263 g/mol. The lowest BCUT2D eigenvalue weighted by Crippen LogP contribution is -2.33. The number of amides is 1. The molecule has 1 aromatic rings. The molecule has 3 nitrogen and oxygen atoms in total. The minimum atomic E-state index is 0.187. The third kappa shape index (κ3) is 1.99. The van der Waals surface area contributed by atoms with E-state index in [4.69, 9.17) is 4.74 Å². The van der Waals surface area contributed by atoms with Gasteiger partial charge in [0.15, 0.2) is 0 Å². The number of hydrogen-bond acceptors (Lipinski definition) is 3. The molecule has 3 rings (SSSR count). The molecule has 4 heteroatoms. The van der Waals surface area contributed by atoms with Crippen LogP contribution in [0.15, 0.2) is 24.3 Å². The zero-order chi connectivity index (χ0) is 12.5. The van der Waals surface area contributed by atoms with Crippen molar-refractivity contribution in [1.82, 2.24) is 4.90 Å². The van der Waals surface area contributed by atoms with Gasteiger partial charge in [-0.15, -0.1) is 0 Å². The van der Waals surface area contributed by atoms with Crippen molar-refractivity contribution in [2.75, 3.05) is 18.9 Å². The number of carbonyl (C=O) groups is 1. The predicted molar refractivity (Wildman–Crippen MR) is 73.0 cm³/mol. The number of rotatable bonds is 2. The summed E-state index contributed by atoms with van der Waals surface area (Å²) in [5.74, 6) is 2.37. The van der Waals surface area contributed by atoms with Crippen LogP contribution in [-0.2, 0) is 4.79 Å². The summed E-state index contributed by atoms with van der Waals surface area (Å²) in [6.07, 6.45) is 1.53. The zero-order valence-electron chi connectivity index (χ0n) is 10.2. The van der Waals surface area contributed by atoms with Gasteiger partial charge in [0.05, 0.1) is 12.6 Å². The van der Waals surface area contributed by atoms with Crippen LogP contribution in [0.1, 0.15) is 24.4 Å². The number of ether oxygens (including phenoxy) is 1. The van der Waals surface area contributed by atoms with Crippen LogP contribution in [0.5, 0.6) is 5.75 Å². The maximum absolute atomic E-state index is 12.1. The molecule has 0 aromatic heterocycles. The second-order valence-corrected chi connectivity index (χ2v) is 5.35. The molecule has 1 amide bonds. The highest BCUT2D eigenvalue weighted by Crippen LogP contribution is 2.38. The molecular formula is C14H17NO2S. The van der Waals surface area contributed by atoms with Crippen molar-refractivity contribution in [3.05, 3.63) is 29.8 Å². The summed E-state index contributed by atoms with van der Waals surface area (Å²) in [5.41, 5.74) is 1.15. The molecule has 0 N–H and O–H groups in total. The van der Waals surface area contributed by atoms with Crippen molar-refractivity contribution in [3.63, 3.8) is 0 Å². The van der Waals surface area contributed by atoms with Gasteiger partial charge in [0.2, 0.25) is 5.91 Å². The van der Waals surface area contributed by atoms with E-state index in [0.717, 1.165) is 30.0 Å². The number of nitrogens with zero attached hydrogens (tertiary/aromatic N) is 1. The number of likely N-dealkylation sites (tertiary alicyclic amines) is 1.